The van der Waals surface area contributed by atoms with Crippen LogP contribution in [-0.2, 0) is 16.1 Å². The second-order valence-electron chi connectivity index (χ2n) is 7.08. The highest BCUT2D eigenvalue weighted by atomic mass is 32.1. The quantitative estimate of drug-likeness (QED) is 0.406. The number of aryl methyl sites for hydroxylation is 1. The molecule has 2 aromatic carbocycles. The zero-order valence-electron chi connectivity index (χ0n) is 18.0. The summed E-state index contributed by atoms with van der Waals surface area (Å²) in [6.07, 6.45) is 0. The third-order valence-electron chi connectivity index (χ3n) is 5.07. The van der Waals surface area contributed by atoms with E-state index in [-0.39, 0.29) is 19.1 Å². The van der Waals surface area contributed by atoms with Crippen molar-refractivity contribution in [2.45, 2.75) is 20.4 Å². The first-order chi connectivity index (χ1) is 15.5. The van der Waals surface area contributed by atoms with Gasteiger partial charge in [-0.2, -0.15) is 0 Å². The van der Waals surface area contributed by atoms with Crippen molar-refractivity contribution in [3.8, 4) is 16.9 Å². The van der Waals surface area contributed by atoms with Gasteiger partial charge in [-0.3, -0.25) is 4.79 Å². The van der Waals surface area contributed by atoms with Gasteiger partial charge in [0.15, 0.2) is 0 Å². The Kier molecular flexibility index (Phi) is 6.23. The molecule has 0 aliphatic heterocycles. The number of fused-ring (bicyclic) bond motifs is 1. The van der Waals surface area contributed by atoms with Crippen LogP contribution in [0.2, 0.25) is 0 Å². The van der Waals surface area contributed by atoms with Crippen molar-refractivity contribution in [2.24, 2.45) is 0 Å². The van der Waals surface area contributed by atoms with Crippen LogP contribution in [0.4, 0.5) is 5.00 Å². The first-order valence-electron chi connectivity index (χ1n) is 10.2. The molecule has 0 spiro atoms. The van der Waals surface area contributed by atoms with Crippen LogP contribution in [0, 0.1) is 6.92 Å². The number of nitrogens with zero attached hydrogens (tertiary/aromatic N) is 2. The van der Waals surface area contributed by atoms with Crippen LogP contribution in [0.25, 0.3) is 22.2 Å². The summed E-state index contributed by atoms with van der Waals surface area (Å²) < 4.78 is 12.3. The van der Waals surface area contributed by atoms with Gasteiger partial charge in [-0.15, -0.1) is 11.3 Å². The number of rotatable bonds is 7. The molecule has 0 radical (unpaired) electrons. The number of aromatic nitrogens is 2. The summed E-state index contributed by atoms with van der Waals surface area (Å²) in [5.41, 5.74) is 3.61. The summed E-state index contributed by atoms with van der Waals surface area (Å²) in [6, 6.07) is 15.1. The normalized spacial score (nSPS) is 10.8. The van der Waals surface area contributed by atoms with Gasteiger partial charge in [0.1, 0.15) is 28.7 Å². The van der Waals surface area contributed by atoms with Gasteiger partial charge >= 0.3 is 5.97 Å². The standard InChI is InChI=1S/C24H23N3O4S/c1-4-31-24(29)22-18(16-9-11-17(30-3)12-10-16)14-32-23(22)26-21(28)13-27-15(2)25-19-7-5-6-8-20(19)27/h5-12,14H,4,13H2,1-3H3,(H,26,28). The lowest BCUT2D eigenvalue weighted by molar-refractivity contribution is -0.116. The number of nitrogens with one attached hydrogen (secondary N) is 1. The molecule has 0 saturated heterocycles. The number of hydrogen-bond acceptors (Lipinski definition) is 6. The number of esters is 1. The van der Waals surface area contributed by atoms with Gasteiger partial charge in [0.25, 0.3) is 0 Å². The van der Waals surface area contributed by atoms with Gasteiger partial charge in [0, 0.05) is 10.9 Å². The van der Waals surface area contributed by atoms with E-state index in [1.54, 1.807) is 14.0 Å². The maximum absolute atomic E-state index is 12.9. The van der Waals surface area contributed by atoms with Crippen molar-refractivity contribution in [1.29, 1.82) is 0 Å². The van der Waals surface area contributed by atoms with E-state index < -0.39 is 5.97 Å². The Morgan fingerprint density at radius 3 is 2.59 bits per heavy atom. The molecule has 7 nitrogen and oxygen atoms in total. The van der Waals surface area contributed by atoms with Crippen LogP contribution < -0.4 is 10.1 Å². The number of ether oxygens (including phenoxy) is 2. The van der Waals surface area contributed by atoms with Crippen LogP contribution in [-0.4, -0.2) is 35.1 Å². The maximum atomic E-state index is 12.9. The summed E-state index contributed by atoms with van der Waals surface area (Å²) >= 11 is 1.30. The fourth-order valence-electron chi connectivity index (χ4n) is 3.54. The second-order valence-corrected chi connectivity index (χ2v) is 7.96. The van der Waals surface area contributed by atoms with E-state index in [0.717, 1.165) is 28.2 Å². The molecular weight excluding hydrogens is 426 g/mol. The van der Waals surface area contributed by atoms with Gasteiger partial charge in [0.2, 0.25) is 5.91 Å². The number of imidazole rings is 1. The number of carbonyl (C=O) groups is 2. The van der Waals surface area contributed by atoms with E-state index in [1.807, 2.05) is 65.4 Å². The molecule has 0 bridgehead atoms. The molecule has 0 unspecified atom stereocenters. The molecular formula is C24H23N3O4S. The smallest absolute Gasteiger partial charge is 0.341 e. The van der Waals surface area contributed by atoms with Gasteiger partial charge < -0.3 is 19.4 Å². The number of para-hydroxylation sites is 2. The highest BCUT2D eigenvalue weighted by Crippen LogP contribution is 2.37. The molecule has 32 heavy (non-hydrogen) atoms. The highest BCUT2D eigenvalue weighted by Gasteiger charge is 2.23. The molecule has 0 aliphatic rings. The van der Waals surface area contributed by atoms with E-state index in [9.17, 15) is 9.59 Å². The van der Waals surface area contributed by atoms with E-state index in [4.69, 9.17) is 9.47 Å². The third kappa shape index (κ3) is 4.22. The summed E-state index contributed by atoms with van der Waals surface area (Å²) in [6.45, 7) is 3.95. The number of anilines is 1. The maximum Gasteiger partial charge on any atom is 0.341 e. The summed E-state index contributed by atoms with van der Waals surface area (Å²) in [7, 11) is 1.60. The fraction of sp³-hybridized carbons (Fsp3) is 0.208. The first kappa shape index (κ1) is 21.6. The van der Waals surface area contributed by atoms with Crippen molar-refractivity contribution < 1.29 is 19.1 Å². The van der Waals surface area contributed by atoms with Crippen molar-refractivity contribution in [2.75, 3.05) is 19.0 Å². The fourth-order valence-corrected chi connectivity index (χ4v) is 4.52. The molecule has 0 atom stereocenters. The molecule has 2 heterocycles. The van der Waals surface area contributed by atoms with Crippen LogP contribution in [0.15, 0.2) is 53.9 Å². The van der Waals surface area contributed by atoms with Crippen LogP contribution in [0.1, 0.15) is 23.1 Å². The number of carbonyl (C=O) groups excluding carboxylic acids is 2. The Labute approximate surface area is 189 Å². The first-order valence-corrected chi connectivity index (χ1v) is 11.0. The molecule has 1 N–H and O–H groups in total. The molecule has 0 fully saturated rings. The van der Waals surface area contributed by atoms with Crippen molar-refractivity contribution >= 4 is 39.2 Å². The zero-order valence-corrected chi connectivity index (χ0v) is 18.9. The number of benzene rings is 2. The van der Waals surface area contributed by atoms with Crippen LogP contribution >= 0.6 is 11.3 Å². The van der Waals surface area contributed by atoms with Gasteiger partial charge in [-0.25, -0.2) is 9.78 Å². The van der Waals surface area contributed by atoms with E-state index >= 15 is 0 Å². The van der Waals surface area contributed by atoms with Crippen molar-refractivity contribution in [3.05, 3.63) is 65.3 Å². The lowest BCUT2D eigenvalue weighted by Crippen LogP contribution is -2.20. The topological polar surface area (TPSA) is 82.5 Å². The molecule has 1 amide bonds. The minimum absolute atomic E-state index is 0.0877. The van der Waals surface area contributed by atoms with E-state index in [2.05, 4.69) is 10.3 Å². The number of hydrogen-bond donors (Lipinski definition) is 1. The lowest BCUT2D eigenvalue weighted by atomic mass is 10.0. The van der Waals surface area contributed by atoms with E-state index in [1.165, 1.54) is 11.3 Å². The largest absolute Gasteiger partial charge is 0.497 e. The second kappa shape index (κ2) is 9.23. The Morgan fingerprint density at radius 1 is 1.12 bits per heavy atom. The van der Waals surface area contributed by atoms with Crippen LogP contribution in [0.5, 0.6) is 5.75 Å². The minimum atomic E-state index is -0.473. The van der Waals surface area contributed by atoms with Crippen LogP contribution in [0.3, 0.4) is 0 Å². The van der Waals surface area contributed by atoms with Crippen molar-refractivity contribution in [3.63, 3.8) is 0 Å². The Balaban J connectivity index is 1.63. The lowest BCUT2D eigenvalue weighted by Gasteiger charge is -2.10. The summed E-state index contributed by atoms with van der Waals surface area (Å²) in [4.78, 5) is 30.2. The molecule has 164 valence electrons. The highest BCUT2D eigenvalue weighted by molar-refractivity contribution is 7.15. The summed E-state index contributed by atoms with van der Waals surface area (Å²) in [5, 5.41) is 5.21. The number of thiophene rings is 1. The summed E-state index contributed by atoms with van der Waals surface area (Å²) in [5.74, 6) is 0.749. The Hall–Kier alpha value is -3.65. The Morgan fingerprint density at radius 2 is 1.88 bits per heavy atom. The van der Waals surface area contributed by atoms with E-state index in [0.29, 0.717) is 16.1 Å². The Bertz CT molecular complexity index is 1270. The zero-order chi connectivity index (χ0) is 22.7. The average Bonchev–Trinajstić information content (AvgIpc) is 3.35. The average molecular weight is 450 g/mol. The molecule has 0 aliphatic carbocycles. The number of amides is 1. The van der Waals surface area contributed by atoms with Crippen molar-refractivity contribution in [1.82, 2.24) is 9.55 Å². The monoisotopic (exact) mass is 449 g/mol. The molecule has 4 aromatic rings. The molecule has 2 aromatic heterocycles. The van der Waals surface area contributed by atoms with Gasteiger partial charge in [0.05, 0.1) is 24.8 Å². The number of methoxy groups -OCH3 is 1. The third-order valence-corrected chi connectivity index (χ3v) is 5.97. The predicted molar refractivity (Wildman–Crippen MR) is 125 cm³/mol. The predicted octanol–water partition coefficient (Wildman–Crippen LogP) is 4.90. The molecule has 0 saturated carbocycles. The molecule has 8 heteroatoms. The minimum Gasteiger partial charge on any atom is -0.497 e. The van der Waals surface area contributed by atoms with Gasteiger partial charge in [-0.1, -0.05) is 24.3 Å². The van der Waals surface area contributed by atoms with Gasteiger partial charge in [-0.05, 0) is 43.7 Å². The SMILES string of the molecule is CCOC(=O)c1c(-c2ccc(OC)cc2)csc1NC(=O)Cn1c(C)nc2ccccc21. The molecule has 4 rings (SSSR count).